The highest BCUT2D eigenvalue weighted by atomic mass is 32.2. The van der Waals surface area contributed by atoms with E-state index in [1.165, 1.54) is 0 Å². The molecule has 2 rings (SSSR count). The van der Waals surface area contributed by atoms with Gasteiger partial charge in [-0.3, -0.25) is 9.52 Å². The Morgan fingerprint density at radius 3 is 2.34 bits per heavy atom. The molecular formula is C21H28N2O5S. The zero-order valence-corrected chi connectivity index (χ0v) is 17.8. The quantitative estimate of drug-likeness (QED) is 0.545. The van der Waals surface area contributed by atoms with Crippen molar-refractivity contribution >= 4 is 21.6 Å². The molecule has 0 saturated carbocycles. The van der Waals surface area contributed by atoms with Crippen molar-refractivity contribution in [2.24, 2.45) is 0 Å². The smallest absolute Gasteiger partial charge is 0.261 e. The minimum absolute atomic E-state index is 0.204. The van der Waals surface area contributed by atoms with Crippen molar-refractivity contribution in [1.82, 2.24) is 5.32 Å². The van der Waals surface area contributed by atoms with Gasteiger partial charge in [0.15, 0.2) is 0 Å². The summed E-state index contributed by atoms with van der Waals surface area (Å²) >= 11 is 0. The van der Waals surface area contributed by atoms with Crippen molar-refractivity contribution in [2.45, 2.75) is 25.2 Å². The molecule has 0 aliphatic rings. The summed E-state index contributed by atoms with van der Waals surface area (Å²) in [5.41, 5.74) is 2.79. The molecule has 7 nitrogen and oxygen atoms in total. The predicted octanol–water partition coefficient (Wildman–Crippen LogP) is 2.89. The fraction of sp³-hybridized carbons (Fsp3) is 0.381. The number of anilines is 1. The number of hydrogen-bond acceptors (Lipinski definition) is 5. The van der Waals surface area contributed by atoms with Crippen LogP contribution in [-0.4, -0.2) is 47.8 Å². The molecule has 0 atom stereocenters. The minimum atomic E-state index is -3.69. The van der Waals surface area contributed by atoms with Crippen molar-refractivity contribution in [2.75, 3.05) is 38.2 Å². The average Bonchev–Trinajstić information content (AvgIpc) is 2.69. The topological polar surface area (TPSA) is 93.7 Å². The lowest BCUT2D eigenvalue weighted by atomic mass is 10.1. The van der Waals surface area contributed by atoms with Gasteiger partial charge in [0.25, 0.3) is 15.9 Å². The van der Waals surface area contributed by atoms with E-state index in [0.717, 1.165) is 11.1 Å². The first-order valence-corrected chi connectivity index (χ1v) is 10.9. The number of methoxy groups -OCH3 is 1. The first kappa shape index (κ1) is 22.9. The van der Waals surface area contributed by atoms with Gasteiger partial charge in [0.2, 0.25) is 0 Å². The molecule has 0 unspecified atom stereocenters. The molecule has 0 spiro atoms. The fourth-order valence-corrected chi connectivity index (χ4v) is 3.65. The number of nitrogens with one attached hydrogen (secondary N) is 2. The van der Waals surface area contributed by atoms with Crippen LogP contribution in [0.25, 0.3) is 0 Å². The van der Waals surface area contributed by atoms with Gasteiger partial charge in [-0.15, -0.1) is 0 Å². The third-order valence-corrected chi connectivity index (χ3v) is 5.75. The second-order valence-corrected chi connectivity index (χ2v) is 8.33. The van der Waals surface area contributed by atoms with Crippen LogP contribution in [0.4, 0.5) is 5.69 Å². The van der Waals surface area contributed by atoms with E-state index in [1.807, 2.05) is 13.8 Å². The molecule has 1 amide bonds. The van der Waals surface area contributed by atoms with E-state index in [9.17, 15) is 13.2 Å². The largest absolute Gasteiger partial charge is 0.382 e. The van der Waals surface area contributed by atoms with Gasteiger partial charge in [0.05, 0.1) is 18.1 Å². The molecule has 2 N–H and O–H groups in total. The lowest BCUT2D eigenvalue weighted by Gasteiger charge is -2.10. The number of ether oxygens (including phenoxy) is 2. The predicted molar refractivity (Wildman–Crippen MR) is 113 cm³/mol. The number of amides is 1. The number of benzene rings is 2. The number of carbonyl (C=O) groups is 1. The van der Waals surface area contributed by atoms with Crippen molar-refractivity contribution in [3.63, 3.8) is 0 Å². The highest BCUT2D eigenvalue weighted by Crippen LogP contribution is 2.19. The monoisotopic (exact) mass is 420 g/mol. The minimum Gasteiger partial charge on any atom is -0.382 e. The Morgan fingerprint density at radius 2 is 1.69 bits per heavy atom. The maximum atomic E-state index is 12.5. The maximum Gasteiger partial charge on any atom is 0.261 e. The molecule has 29 heavy (non-hydrogen) atoms. The number of carbonyl (C=O) groups excluding carboxylic acids is 1. The second kappa shape index (κ2) is 10.9. The summed E-state index contributed by atoms with van der Waals surface area (Å²) in [6.07, 6.45) is 0.698. The lowest BCUT2D eigenvalue weighted by molar-refractivity contribution is 0.0688. The Kier molecular flexibility index (Phi) is 8.63. The summed E-state index contributed by atoms with van der Waals surface area (Å²) in [6, 6.07) is 11.3. The zero-order valence-electron chi connectivity index (χ0n) is 17.0. The van der Waals surface area contributed by atoms with Gasteiger partial charge in [-0.25, -0.2) is 8.42 Å². The van der Waals surface area contributed by atoms with Crippen molar-refractivity contribution in [1.29, 1.82) is 0 Å². The number of rotatable bonds is 11. The van der Waals surface area contributed by atoms with E-state index in [-0.39, 0.29) is 10.8 Å². The third-order valence-electron chi connectivity index (χ3n) is 4.37. The molecule has 0 radical (unpaired) electrons. The summed E-state index contributed by atoms with van der Waals surface area (Å²) < 4.78 is 37.8. The summed E-state index contributed by atoms with van der Waals surface area (Å²) in [4.78, 5) is 12.4. The number of sulfonamides is 1. The summed E-state index contributed by atoms with van der Waals surface area (Å²) in [7, 11) is -2.07. The van der Waals surface area contributed by atoms with Crippen LogP contribution in [0.15, 0.2) is 47.4 Å². The SMILES string of the molecule is COCCOCCCNC(=O)c1ccc(NS(=O)(=O)c2ccc(C)c(C)c2)cc1. The van der Waals surface area contributed by atoms with E-state index in [2.05, 4.69) is 10.0 Å². The third kappa shape index (κ3) is 7.16. The lowest BCUT2D eigenvalue weighted by Crippen LogP contribution is -2.25. The highest BCUT2D eigenvalue weighted by Gasteiger charge is 2.15. The van der Waals surface area contributed by atoms with E-state index < -0.39 is 10.0 Å². The van der Waals surface area contributed by atoms with Crippen LogP contribution in [0.2, 0.25) is 0 Å². The van der Waals surface area contributed by atoms with Gasteiger partial charge in [-0.2, -0.15) is 0 Å². The van der Waals surface area contributed by atoms with Gasteiger partial charge >= 0.3 is 0 Å². The van der Waals surface area contributed by atoms with Gasteiger partial charge < -0.3 is 14.8 Å². The average molecular weight is 421 g/mol. The molecule has 2 aromatic rings. The van der Waals surface area contributed by atoms with Gasteiger partial charge in [-0.1, -0.05) is 6.07 Å². The van der Waals surface area contributed by atoms with Gasteiger partial charge in [-0.05, 0) is 67.8 Å². The number of hydrogen-bond donors (Lipinski definition) is 2. The Bertz CT molecular complexity index is 911. The fourth-order valence-electron chi connectivity index (χ4n) is 2.51. The van der Waals surface area contributed by atoms with Crippen molar-refractivity contribution in [3.8, 4) is 0 Å². The summed E-state index contributed by atoms with van der Waals surface area (Å²) in [5, 5.41) is 2.81. The number of aryl methyl sites for hydroxylation is 2. The van der Waals surface area contributed by atoms with Crippen LogP contribution in [-0.2, 0) is 19.5 Å². The van der Waals surface area contributed by atoms with E-state index in [4.69, 9.17) is 9.47 Å². The molecule has 0 aliphatic heterocycles. The maximum absolute atomic E-state index is 12.5. The van der Waals surface area contributed by atoms with Gasteiger partial charge in [0, 0.05) is 31.5 Å². The molecule has 0 bridgehead atoms. The Balaban J connectivity index is 1.87. The van der Waals surface area contributed by atoms with E-state index >= 15 is 0 Å². The Morgan fingerprint density at radius 1 is 0.966 bits per heavy atom. The van der Waals surface area contributed by atoms with Crippen LogP contribution >= 0.6 is 0 Å². The second-order valence-electron chi connectivity index (χ2n) is 6.64. The zero-order chi connectivity index (χ0) is 21.3. The Labute approximate surface area is 172 Å². The molecule has 158 valence electrons. The molecule has 0 aliphatic carbocycles. The molecular weight excluding hydrogens is 392 g/mol. The molecule has 0 aromatic heterocycles. The first-order valence-electron chi connectivity index (χ1n) is 9.38. The van der Waals surface area contributed by atoms with Crippen molar-refractivity contribution < 1.29 is 22.7 Å². The van der Waals surface area contributed by atoms with Crippen LogP contribution < -0.4 is 10.0 Å². The van der Waals surface area contributed by atoms with E-state index in [0.29, 0.717) is 44.0 Å². The standard InChI is InChI=1S/C21H28N2O5S/c1-16-5-10-20(15-17(16)2)29(25,26)23-19-8-6-18(7-9-19)21(24)22-11-4-12-28-14-13-27-3/h5-10,15,23H,4,11-14H2,1-3H3,(H,22,24). The molecule has 8 heteroatoms. The normalized spacial score (nSPS) is 11.3. The van der Waals surface area contributed by atoms with Crippen LogP contribution in [0.3, 0.4) is 0 Å². The molecule has 0 fully saturated rings. The Hall–Kier alpha value is -2.42. The first-order chi connectivity index (χ1) is 13.8. The van der Waals surface area contributed by atoms with E-state index in [1.54, 1.807) is 49.6 Å². The van der Waals surface area contributed by atoms with Crippen LogP contribution in [0.5, 0.6) is 0 Å². The van der Waals surface area contributed by atoms with Crippen molar-refractivity contribution in [3.05, 3.63) is 59.2 Å². The molecule has 0 heterocycles. The highest BCUT2D eigenvalue weighted by molar-refractivity contribution is 7.92. The molecule has 2 aromatic carbocycles. The van der Waals surface area contributed by atoms with Crippen LogP contribution in [0.1, 0.15) is 27.9 Å². The van der Waals surface area contributed by atoms with Gasteiger partial charge in [0.1, 0.15) is 0 Å². The summed E-state index contributed by atoms with van der Waals surface area (Å²) in [6.45, 7) is 5.91. The van der Waals surface area contributed by atoms with Crippen LogP contribution in [0, 0.1) is 13.8 Å². The summed E-state index contributed by atoms with van der Waals surface area (Å²) in [5.74, 6) is -0.217. The molecule has 0 saturated heterocycles.